The van der Waals surface area contributed by atoms with Crippen LogP contribution in [0.5, 0.6) is 0 Å². The van der Waals surface area contributed by atoms with Crippen molar-refractivity contribution in [1.82, 2.24) is 14.5 Å². The van der Waals surface area contributed by atoms with Crippen molar-refractivity contribution in [3.63, 3.8) is 0 Å². The minimum Gasteiger partial charge on any atom is -0.335 e. The van der Waals surface area contributed by atoms with Crippen molar-refractivity contribution in [2.75, 3.05) is 0 Å². The molecule has 2 rings (SSSR count). The van der Waals surface area contributed by atoms with Gasteiger partial charge in [0.05, 0.1) is 10.7 Å². The van der Waals surface area contributed by atoms with Crippen LogP contribution in [0.1, 0.15) is 16.4 Å². The predicted octanol–water partition coefficient (Wildman–Crippen LogP) is 2.86. The third-order valence-corrected chi connectivity index (χ3v) is 3.35. The van der Waals surface area contributed by atoms with E-state index in [0.717, 1.165) is 34.1 Å². The molecule has 0 unspecified atom stereocenters. The van der Waals surface area contributed by atoms with E-state index in [1.807, 2.05) is 20.0 Å². The summed E-state index contributed by atoms with van der Waals surface area (Å²) in [5.74, 6) is 0. The highest BCUT2D eigenvalue weighted by molar-refractivity contribution is 7.71. The third kappa shape index (κ3) is 2.54. The summed E-state index contributed by atoms with van der Waals surface area (Å²) in [5, 5.41) is 3.23. The molecule has 15 heavy (non-hydrogen) atoms. The number of rotatable bonds is 3. The maximum atomic E-state index is 5.18. The summed E-state index contributed by atoms with van der Waals surface area (Å²) in [7, 11) is 0. The smallest absolute Gasteiger partial charge is 0.177 e. The van der Waals surface area contributed by atoms with Gasteiger partial charge in [-0.1, -0.05) is 0 Å². The number of imidazole rings is 1. The van der Waals surface area contributed by atoms with Gasteiger partial charge in [-0.3, -0.25) is 0 Å². The van der Waals surface area contributed by atoms with E-state index in [9.17, 15) is 0 Å². The van der Waals surface area contributed by atoms with Gasteiger partial charge >= 0.3 is 0 Å². The van der Waals surface area contributed by atoms with E-state index >= 15 is 0 Å². The summed E-state index contributed by atoms with van der Waals surface area (Å²) in [6.45, 7) is 4.94. The number of nitrogens with one attached hydrogen (secondary N) is 1. The lowest BCUT2D eigenvalue weighted by Gasteiger charge is -1.98. The number of H-pyrrole nitrogens is 1. The van der Waals surface area contributed by atoms with Gasteiger partial charge in [0.15, 0.2) is 4.77 Å². The van der Waals surface area contributed by atoms with Crippen LogP contribution < -0.4 is 0 Å². The van der Waals surface area contributed by atoms with Gasteiger partial charge in [0, 0.05) is 30.2 Å². The Morgan fingerprint density at radius 2 is 2.33 bits per heavy atom. The average molecular weight is 239 g/mol. The van der Waals surface area contributed by atoms with Gasteiger partial charge in [0.1, 0.15) is 0 Å². The van der Waals surface area contributed by atoms with E-state index in [-0.39, 0.29) is 0 Å². The van der Waals surface area contributed by atoms with Crippen LogP contribution in [0.4, 0.5) is 0 Å². The molecule has 0 aliphatic heterocycles. The minimum absolute atomic E-state index is 0.791. The lowest BCUT2D eigenvalue weighted by Crippen LogP contribution is -2.00. The van der Waals surface area contributed by atoms with Crippen molar-refractivity contribution in [3.05, 3.63) is 32.7 Å². The molecule has 2 heterocycles. The monoisotopic (exact) mass is 239 g/mol. The quantitative estimate of drug-likeness (QED) is 0.836. The lowest BCUT2D eigenvalue weighted by atomic mass is 10.3. The molecule has 0 saturated heterocycles. The van der Waals surface area contributed by atoms with Crippen molar-refractivity contribution in [1.29, 1.82) is 0 Å². The topological polar surface area (TPSA) is 33.6 Å². The highest BCUT2D eigenvalue weighted by Crippen LogP contribution is 2.09. The number of nitrogens with zero attached hydrogens (tertiary/aromatic N) is 2. The van der Waals surface area contributed by atoms with E-state index in [1.54, 1.807) is 11.3 Å². The summed E-state index contributed by atoms with van der Waals surface area (Å²) in [6.07, 6.45) is 2.98. The Labute approximate surface area is 97.8 Å². The van der Waals surface area contributed by atoms with Crippen molar-refractivity contribution in [2.45, 2.75) is 26.8 Å². The molecular weight excluding hydrogens is 226 g/mol. The zero-order valence-electron chi connectivity index (χ0n) is 8.78. The van der Waals surface area contributed by atoms with Crippen LogP contribution >= 0.6 is 23.6 Å². The summed E-state index contributed by atoms with van der Waals surface area (Å²) < 4.78 is 2.85. The van der Waals surface area contributed by atoms with Crippen molar-refractivity contribution in [2.24, 2.45) is 0 Å². The van der Waals surface area contributed by atoms with Crippen LogP contribution in [0.2, 0.25) is 0 Å². The fourth-order valence-electron chi connectivity index (χ4n) is 1.49. The molecule has 2 aromatic heterocycles. The molecule has 0 atom stereocenters. The number of aromatic nitrogens is 3. The molecule has 0 amide bonds. The van der Waals surface area contributed by atoms with E-state index in [1.165, 1.54) is 0 Å². The first kappa shape index (κ1) is 10.6. The van der Waals surface area contributed by atoms with E-state index in [4.69, 9.17) is 12.2 Å². The molecule has 0 aromatic carbocycles. The molecule has 0 bridgehead atoms. The van der Waals surface area contributed by atoms with Gasteiger partial charge in [-0.25, -0.2) is 4.98 Å². The van der Waals surface area contributed by atoms with Gasteiger partial charge in [-0.2, -0.15) is 0 Å². The molecule has 80 valence electrons. The lowest BCUT2D eigenvalue weighted by molar-refractivity contribution is 0.678. The predicted molar refractivity (Wildman–Crippen MR) is 64.9 cm³/mol. The zero-order chi connectivity index (χ0) is 10.8. The van der Waals surface area contributed by atoms with E-state index in [2.05, 4.69) is 19.9 Å². The Kier molecular flexibility index (Phi) is 3.02. The molecule has 0 radical (unpaired) electrons. The molecule has 3 nitrogen and oxygen atoms in total. The van der Waals surface area contributed by atoms with Crippen molar-refractivity contribution < 1.29 is 0 Å². The molecule has 1 N–H and O–H groups in total. The van der Waals surface area contributed by atoms with Crippen LogP contribution in [0.25, 0.3) is 0 Å². The van der Waals surface area contributed by atoms with Crippen LogP contribution in [0.3, 0.4) is 0 Å². The number of aryl methyl sites for hydroxylation is 4. The van der Waals surface area contributed by atoms with Crippen LogP contribution in [0.15, 0.2) is 11.6 Å². The Morgan fingerprint density at radius 1 is 1.53 bits per heavy atom. The first-order chi connectivity index (χ1) is 7.15. The maximum Gasteiger partial charge on any atom is 0.177 e. The molecule has 0 fully saturated rings. The van der Waals surface area contributed by atoms with Crippen LogP contribution in [-0.2, 0) is 13.0 Å². The second-order valence-corrected chi connectivity index (χ2v) is 4.99. The third-order valence-electron chi connectivity index (χ3n) is 2.19. The van der Waals surface area contributed by atoms with Gasteiger partial charge in [0.2, 0.25) is 0 Å². The Bertz CT molecular complexity index is 507. The summed E-state index contributed by atoms with van der Waals surface area (Å²) in [5.41, 5.74) is 2.26. The Morgan fingerprint density at radius 3 is 2.87 bits per heavy atom. The average Bonchev–Trinajstić information content (AvgIpc) is 2.70. The second kappa shape index (κ2) is 4.28. The number of hydrogen-bond acceptors (Lipinski definition) is 3. The highest BCUT2D eigenvalue weighted by atomic mass is 32.1. The summed E-state index contributed by atoms with van der Waals surface area (Å²) in [4.78, 5) is 7.53. The molecule has 0 spiro atoms. The van der Waals surface area contributed by atoms with Crippen LogP contribution in [-0.4, -0.2) is 14.5 Å². The Hall–Kier alpha value is -0.940. The second-order valence-electron chi connectivity index (χ2n) is 3.54. The van der Waals surface area contributed by atoms with Gasteiger partial charge in [-0.15, -0.1) is 11.3 Å². The largest absolute Gasteiger partial charge is 0.335 e. The minimum atomic E-state index is 0.791. The molecule has 0 aliphatic rings. The molecule has 2 aromatic rings. The zero-order valence-corrected chi connectivity index (χ0v) is 10.4. The number of hydrogen-bond donors (Lipinski definition) is 1. The molecule has 0 saturated carbocycles. The fourth-order valence-corrected chi connectivity index (χ4v) is 2.44. The van der Waals surface area contributed by atoms with Gasteiger partial charge < -0.3 is 9.55 Å². The Balaban J connectivity index is 2.05. The van der Waals surface area contributed by atoms with Gasteiger partial charge in [-0.05, 0) is 26.1 Å². The molecule has 5 heteroatoms. The molecule has 0 aliphatic carbocycles. The van der Waals surface area contributed by atoms with Crippen molar-refractivity contribution in [3.8, 4) is 0 Å². The summed E-state index contributed by atoms with van der Waals surface area (Å²) >= 11 is 6.88. The molecular formula is C10H13N3S2. The van der Waals surface area contributed by atoms with E-state index < -0.39 is 0 Å². The standard InChI is InChI=1S/C10H13N3S2/c1-7-5-13(10(14)11-7)4-3-9-6-15-8(2)12-9/h5-6H,3-4H2,1-2H3,(H,11,14). The number of aromatic amines is 1. The van der Waals surface area contributed by atoms with Crippen molar-refractivity contribution >= 4 is 23.6 Å². The normalized spacial score (nSPS) is 10.8. The number of thiazole rings is 1. The van der Waals surface area contributed by atoms with Crippen LogP contribution in [0, 0.1) is 18.6 Å². The van der Waals surface area contributed by atoms with Gasteiger partial charge in [0.25, 0.3) is 0 Å². The highest BCUT2D eigenvalue weighted by Gasteiger charge is 2.00. The SMILES string of the molecule is Cc1cn(CCc2csc(C)n2)c(=S)[nH]1. The van der Waals surface area contributed by atoms with E-state index in [0.29, 0.717) is 0 Å². The first-order valence-corrected chi connectivity index (χ1v) is 6.11. The fraction of sp³-hybridized carbons (Fsp3) is 0.400. The first-order valence-electron chi connectivity index (χ1n) is 4.82. The maximum absolute atomic E-state index is 5.18. The summed E-state index contributed by atoms with van der Waals surface area (Å²) in [6, 6.07) is 0.